The zero-order valence-electron chi connectivity index (χ0n) is 20.3. The molecule has 8 nitrogen and oxygen atoms in total. The molecule has 3 aliphatic heterocycles. The number of rotatable bonds is 6. The van der Waals surface area contributed by atoms with E-state index in [2.05, 4.69) is 0 Å². The van der Waals surface area contributed by atoms with Gasteiger partial charge in [-0.3, -0.25) is 14.5 Å². The summed E-state index contributed by atoms with van der Waals surface area (Å²) in [5.41, 5.74) is 2.50. The van der Waals surface area contributed by atoms with Crippen molar-refractivity contribution in [2.24, 2.45) is 0 Å². The van der Waals surface area contributed by atoms with Crippen molar-refractivity contribution in [2.45, 2.75) is 43.5 Å². The number of carbonyl (C=O) groups is 2. The molecular weight excluding hydrogens is 474 g/mol. The number of benzene rings is 3. The first kappa shape index (κ1) is 24.0. The first-order chi connectivity index (χ1) is 18.2. The van der Waals surface area contributed by atoms with Gasteiger partial charge in [-0.1, -0.05) is 72.8 Å². The Morgan fingerprint density at radius 3 is 2.11 bits per heavy atom. The minimum absolute atomic E-state index is 0.240. The van der Waals surface area contributed by atoms with Crippen LogP contribution in [0.1, 0.15) is 38.1 Å². The van der Waals surface area contributed by atoms with E-state index in [0.717, 1.165) is 11.1 Å². The summed E-state index contributed by atoms with van der Waals surface area (Å²) in [5, 5.41) is 0. The number of hydrogen-bond donors (Lipinski definition) is 0. The Morgan fingerprint density at radius 2 is 1.46 bits per heavy atom. The second kappa shape index (κ2) is 10.2. The number of carbonyl (C=O) groups excluding carboxylic acids is 2. The fourth-order valence-electron chi connectivity index (χ4n) is 5.24. The quantitative estimate of drug-likeness (QED) is 0.476. The maximum Gasteiger partial charge on any atom is 0.262 e. The van der Waals surface area contributed by atoms with Gasteiger partial charge >= 0.3 is 0 Å². The van der Waals surface area contributed by atoms with E-state index in [0.29, 0.717) is 11.1 Å². The molecule has 0 aliphatic carbocycles. The van der Waals surface area contributed by atoms with Gasteiger partial charge in [0.2, 0.25) is 0 Å². The second-order valence-corrected chi connectivity index (χ2v) is 9.23. The van der Waals surface area contributed by atoms with Gasteiger partial charge < -0.3 is 23.7 Å². The van der Waals surface area contributed by atoms with Crippen molar-refractivity contribution in [1.82, 2.24) is 4.90 Å². The van der Waals surface area contributed by atoms with Crippen molar-refractivity contribution in [1.29, 1.82) is 0 Å². The second-order valence-electron chi connectivity index (χ2n) is 9.23. The van der Waals surface area contributed by atoms with Crippen molar-refractivity contribution in [3.63, 3.8) is 0 Å². The van der Waals surface area contributed by atoms with Crippen molar-refractivity contribution in [3.8, 4) is 0 Å². The van der Waals surface area contributed by atoms with Crippen LogP contribution in [0.25, 0.3) is 0 Å². The molecule has 6 unspecified atom stereocenters. The average molecular weight is 502 g/mol. The zero-order valence-corrected chi connectivity index (χ0v) is 20.3. The molecule has 0 saturated carbocycles. The molecule has 0 spiro atoms. The highest BCUT2D eigenvalue weighted by Gasteiger charge is 2.56. The molecule has 0 aromatic heterocycles. The number of hydrogen-bond acceptors (Lipinski definition) is 7. The van der Waals surface area contributed by atoms with Crippen LogP contribution >= 0.6 is 0 Å². The van der Waals surface area contributed by atoms with Crippen LogP contribution < -0.4 is 0 Å². The Balaban J connectivity index is 1.37. The Kier molecular flexibility index (Phi) is 6.58. The van der Waals surface area contributed by atoms with E-state index in [9.17, 15) is 9.59 Å². The lowest BCUT2D eigenvalue weighted by Crippen LogP contribution is -2.68. The summed E-state index contributed by atoms with van der Waals surface area (Å²) in [5.74, 6) is -0.815. The Morgan fingerprint density at radius 1 is 0.838 bits per heavy atom. The molecule has 0 N–H and O–H groups in total. The Bertz CT molecular complexity index is 1230. The number of amides is 2. The van der Waals surface area contributed by atoms with E-state index in [1.54, 1.807) is 24.3 Å². The number of methoxy groups -OCH3 is 1. The molecule has 37 heavy (non-hydrogen) atoms. The van der Waals surface area contributed by atoms with Crippen molar-refractivity contribution >= 4 is 11.8 Å². The lowest BCUT2D eigenvalue weighted by molar-refractivity contribution is -0.351. The van der Waals surface area contributed by atoms with Crippen LogP contribution in [0.15, 0.2) is 84.9 Å². The largest absolute Gasteiger partial charge is 0.368 e. The monoisotopic (exact) mass is 501 g/mol. The average Bonchev–Trinajstić information content (AvgIpc) is 3.21. The summed E-state index contributed by atoms with van der Waals surface area (Å²) in [6.07, 6.45) is -3.44. The smallest absolute Gasteiger partial charge is 0.262 e. The molecule has 0 radical (unpaired) electrons. The number of imide groups is 1. The van der Waals surface area contributed by atoms with Gasteiger partial charge in [0.25, 0.3) is 11.8 Å². The van der Waals surface area contributed by atoms with Gasteiger partial charge in [-0.2, -0.15) is 0 Å². The van der Waals surface area contributed by atoms with Gasteiger partial charge in [0.15, 0.2) is 12.6 Å². The summed E-state index contributed by atoms with van der Waals surface area (Å²) < 4.78 is 30.8. The van der Waals surface area contributed by atoms with Crippen LogP contribution in [0, 0.1) is 0 Å². The van der Waals surface area contributed by atoms with E-state index < -0.39 is 48.7 Å². The van der Waals surface area contributed by atoms with Crippen LogP contribution in [0.4, 0.5) is 0 Å². The van der Waals surface area contributed by atoms with E-state index in [4.69, 9.17) is 23.7 Å². The van der Waals surface area contributed by atoms with Gasteiger partial charge in [0.1, 0.15) is 24.4 Å². The summed E-state index contributed by atoms with van der Waals surface area (Å²) in [4.78, 5) is 28.2. The first-order valence-corrected chi connectivity index (χ1v) is 12.3. The molecule has 2 amide bonds. The van der Waals surface area contributed by atoms with E-state index in [1.165, 1.54) is 12.0 Å². The first-order valence-electron chi connectivity index (χ1n) is 12.3. The van der Waals surface area contributed by atoms with Crippen molar-refractivity contribution in [3.05, 3.63) is 107 Å². The molecule has 2 saturated heterocycles. The maximum atomic E-state index is 13.5. The molecule has 2 fully saturated rings. The molecule has 3 aliphatic rings. The van der Waals surface area contributed by atoms with Gasteiger partial charge in [-0.05, 0) is 17.7 Å². The third-order valence-electron chi connectivity index (χ3n) is 7.02. The van der Waals surface area contributed by atoms with Crippen molar-refractivity contribution < 1.29 is 33.3 Å². The summed E-state index contributed by atoms with van der Waals surface area (Å²) in [6, 6.07) is 25.2. The van der Waals surface area contributed by atoms with Crippen LogP contribution in [0.2, 0.25) is 0 Å². The predicted molar refractivity (Wildman–Crippen MR) is 131 cm³/mol. The summed E-state index contributed by atoms with van der Waals surface area (Å²) in [6.45, 7) is 0.495. The predicted octanol–water partition coefficient (Wildman–Crippen LogP) is 3.72. The zero-order chi connectivity index (χ0) is 25.4. The molecule has 6 atom stereocenters. The molecule has 190 valence electrons. The van der Waals surface area contributed by atoms with E-state index in [-0.39, 0.29) is 13.2 Å². The van der Waals surface area contributed by atoms with Gasteiger partial charge in [0.05, 0.1) is 24.3 Å². The third kappa shape index (κ3) is 4.37. The minimum atomic E-state index is -0.926. The lowest BCUT2D eigenvalue weighted by atomic mass is 9.94. The number of nitrogens with zero attached hydrogens (tertiary/aromatic N) is 1. The van der Waals surface area contributed by atoms with Crippen LogP contribution in [0.3, 0.4) is 0 Å². The number of ether oxygens (including phenoxy) is 5. The Hall–Kier alpha value is -3.40. The lowest BCUT2D eigenvalue weighted by Gasteiger charge is -2.50. The molecule has 3 aromatic carbocycles. The SMILES string of the molecule is COC1OC2COC(c3ccccc3)OC2C(OCc2ccccc2)C1N1C(=O)c2ccccc2C1=O. The van der Waals surface area contributed by atoms with Gasteiger partial charge in [-0.25, -0.2) is 0 Å². The minimum Gasteiger partial charge on any atom is -0.368 e. The van der Waals surface area contributed by atoms with Crippen LogP contribution in [-0.2, 0) is 30.3 Å². The summed E-state index contributed by atoms with van der Waals surface area (Å²) in [7, 11) is 1.49. The van der Waals surface area contributed by atoms with Gasteiger partial charge in [0, 0.05) is 12.7 Å². The molecule has 3 aromatic rings. The number of fused-ring (bicyclic) bond motifs is 2. The van der Waals surface area contributed by atoms with Crippen LogP contribution in [0.5, 0.6) is 0 Å². The van der Waals surface area contributed by atoms with E-state index >= 15 is 0 Å². The third-order valence-corrected chi connectivity index (χ3v) is 7.02. The molecular formula is C29H27NO7. The molecule has 6 rings (SSSR count). The van der Waals surface area contributed by atoms with E-state index in [1.807, 2.05) is 60.7 Å². The highest BCUT2D eigenvalue weighted by molar-refractivity contribution is 6.21. The molecule has 0 bridgehead atoms. The molecule has 3 heterocycles. The van der Waals surface area contributed by atoms with Gasteiger partial charge in [-0.15, -0.1) is 0 Å². The molecule has 8 heteroatoms. The maximum absolute atomic E-state index is 13.5. The highest BCUT2D eigenvalue weighted by Crippen LogP contribution is 2.39. The standard InChI is InChI=1S/C29H27NO7/c1-33-29-23(30-26(31)20-14-8-9-15-21(20)27(30)32)25(34-16-18-10-4-2-5-11-18)24-22(36-29)17-35-28(37-24)19-12-6-3-7-13-19/h2-15,22-25,28-29H,16-17H2,1H3. The van der Waals surface area contributed by atoms with Crippen molar-refractivity contribution in [2.75, 3.05) is 13.7 Å². The summed E-state index contributed by atoms with van der Waals surface area (Å²) >= 11 is 0. The fourth-order valence-corrected chi connectivity index (χ4v) is 5.24. The normalized spacial score (nSPS) is 29.2. The fraction of sp³-hybridized carbons (Fsp3) is 0.310. The Labute approximate surface area is 214 Å². The topological polar surface area (TPSA) is 83.5 Å². The van der Waals surface area contributed by atoms with Crippen LogP contribution in [-0.4, -0.2) is 61.1 Å². The highest BCUT2D eigenvalue weighted by atomic mass is 16.7.